The molecule has 1 saturated heterocycles. The maximum Gasteiger partial charge on any atom is 0.252 e. The van der Waals surface area contributed by atoms with Gasteiger partial charge >= 0.3 is 0 Å². The number of piperidine rings is 1. The van der Waals surface area contributed by atoms with Gasteiger partial charge in [0.1, 0.15) is 0 Å². The van der Waals surface area contributed by atoms with Crippen LogP contribution >= 0.6 is 11.8 Å². The molecule has 1 saturated carbocycles. The molecule has 0 spiro atoms. The molecule has 0 atom stereocenters. The first-order chi connectivity index (χ1) is 14.5. The van der Waals surface area contributed by atoms with Crippen LogP contribution in [0.2, 0.25) is 0 Å². The van der Waals surface area contributed by atoms with Crippen LogP contribution in [0.4, 0.5) is 0 Å². The van der Waals surface area contributed by atoms with Crippen LogP contribution in [0, 0.1) is 0 Å². The van der Waals surface area contributed by atoms with Gasteiger partial charge in [-0.25, -0.2) is 0 Å². The van der Waals surface area contributed by atoms with E-state index in [1.165, 1.54) is 63.1 Å². The van der Waals surface area contributed by atoms with E-state index < -0.39 is 0 Å². The van der Waals surface area contributed by atoms with Gasteiger partial charge in [0, 0.05) is 23.0 Å². The molecule has 5 nitrogen and oxygen atoms in total. The number of likely N-dealkylation sites (tertiary alicyclic amines) is 1. The normalized spacial score (nSPS) is 19.4. The molecule has 2 N–H and O–H groups in total. The zero-order valence-corrected chi connectivity index (χ0v) is 19.4. The first kappa shape index (κ1) is 23.1. The standard InChI is InChI=1S/C24H37N3O2S/c1-19(2)26-22(28)17-30-21-12-6-5-11-20(21)23(29)25-18-24(13-7-3-8-14-24)27-15-9-4-10-16-27/h5-6,11-12,19H,3-4,7-10,13-18H2,1-2H3,(H,25,29)(H,26,28). The summed E-state index contributed by atoms with van der Waals surface area (Å²) in [6.45, 7) is 6.94. The second-order valence-corrected chi connectivity index (χ2v) is 10.0. The molecule has 0 unspecified atom stereocenters. The Balaban J connectivity index is 1.64. The minimum absolute atomic E-state index is 0.00327. The molecule has 1 heterocycles. The third-order valence-electron chi connectivity index (χ3n) is 6.33. The highest BCUT2D eigenvalue weighted by Gasteiger charge is 2.38. The molecule has 0 bridgehead atoms. The predicted molar refractivity (Wildman–Crippen MR) is 124 cm³/mol. The number of benzene rings is 1. The molecule has 166 valence electrons. The van der Waals surface area contributed by atoms with Gasteiger partial charge in [-0.1, -0.05) is 37.8 Å². The number of nitrogens with zero attached hydrogens (tertiary/aromatic N) is 1. The van der Waals surface area contributed by atoms with Gasteiger partial charge < -0.3 is 10.6 Å². The Morgan fingerprint density at radius 2 is 1.70 bits per heavy atom. The fourth-order valence-corrected chi connectivity index (χ4v) is 5.67. The zero-order valence-electron chi connectivity index (χ0n) is 18.5. The van der Waals surface area contributed by atoms with Gasteiger partial charge in [-0.3, -0.25) is 14.5 Å². The monoisotopic (exact) mass is 431 g/mol. The smallest absolute Gasteiger partial charge is 0.252 e. The Kier molecular flexibility index (Phi) is 8.63. The van der Waals surface area contributed by atoms with Crippen LogP contribution in [0.15, 0.2) is 29.2 Å². The van der Waals surface area contributed by atoms with Crippen LogP contribution in [-0.4, -0.2) is 53.7 Å². The molecule has 1 aliphatic heterocycles. The van der Waals surface area contributed by atoms with E-state index in [1.54, 1.807) is 0 Å². The molecule has 1 aliphatic carbocycles. The number of thioether (sulfide) groups is 1. The minimum atomic E-state index is -0.0238. The second kappa shape index (κ2) is 11.2. The number of hydrogen-bond donors (Lipinski definition) is 2. The van der Waals surface area contributed by atoms with Gasteiger partial charge in [0.25, 0.3) is 5.91 Å². The van der Waals surface area contributed by atoms with E-state index in [2.05, 4.69) is 15.5 Å². The van der Waals surface area contributed by atoms with Crippen LogP contribution in [0.3, 0.4) is 0 Å². The van der Waals surface area contributed by atoms with Crippen LogP contribution in [-0.2, 0) is 4.79 Å². The van der Waals surface area contributed by atoms with Gasteiger partial charge in [-0.2, -0.15) is 0 Å². The molecule has 1 aromatic carbocycles. The molecule has 2 aliphatic rings. The van der Waals surface area contributed by atoms with Crippen molar-refractivity contribution < 1.29 is 9.59 Å². The summed E-state index contributed by atoms with van der Waals surface area (Å²) in [6.07, 6.45) is 10.0. The van der Waals surface area contributed by atoms with E-state index in [1.807, 2.05) is 38.1 Å². The second-order valence-electron chi connectivity index (χ2n) is 9.02. The third kappa shape index (κ3) is 6.24. The zero-order chi connectivity index (χ0) is 21.4. The van der Waals surface area contributed by atoms with Crippen molar-refractivity contribution in [2.24, 2.45) is 0 Å². The van der Waals surface area contributed by atoms with E-state index in [4.69, 9.17) is 0 Å². The van der Waals surface area contributed by atoms with Crippen LogP contribution in [0.25, 0.3) is 0 Å². The number of nitrogens with one attached hydrogen (secondary N) is 2. The van der Waals surface area contributed by atoms with E-state index >= 15 is 0 Å². The lowest BCUT2D eigenvalue weighted by Crippen LogP contribution is -2.58. The SMILES string of the molecule is CC(C)NC(=O)CSc1ccccc1C(=O)NCC1(N2CCCCC2)CCCCC1. The summed E-state index contributed by atoms with van der Waals surface area (Å²) >= 11 is 1.43. The van der Waals surface area contributed by atoms with E-state index in [0.717, 1.165) is 24.5 Å². The van der Waals surface area contributed by atoms with Crippen molar-refractivity contribution in [3.8, 4) is 0 Å². The van der Waals surface area contributed by atoms with E-state index in [9.17, 15) is 9.59 Å². The van der Waals surface area contributed by atoms with Crippen molar-refractivity contribution in [1.82, 2.24) is 15.5 Å². The lowest BCUT2D eigenvalue weighted by atomic mass is 9.79. The van der Waals surface area contributed by atoms with Crippen molar-refractivity contribution >= 4 is 23.6 Å². The fourth-order valence-electron chi connectivity index (χ4n) is 4.81. The van der Waals surface area contributed by atoms with Crippen LogP contribution in [0.1, 0.15) is 75.6 Å². The highest BCUT2D eigenvalue weighted by Crippen LogP contribution is 2.35. The van der Waals surface area contributed by atoms with Gasteiger partial charge in [0.05, 0.1) is 11.3 Å². The molecular formula is C24H37N3O2S. The largest absolute Gasteiger partial charge is 0.353 e. The molecule has 3 rings (SSSR count). The van der Waals surface area contributed by atoms with Crippen molar-refractivity contribution in [3.63, 3.8) is 0 Å². The molecule has 2 fully saturated rings. The number of carbonyl (C=O) groups excluding carboxylic acids is 2. The minimum Gasteiger partial charge on any atom is -0.353 e. The number of hydrogen-bond acceptors (Lipinski definition) is 4. The van der Waals surface area contributed by atoms with E-state index in [-0.39, 0.29) is 23.4 Å². The summed E-state index contributed by atoms with van der Waals surface area (Å²) in [7, 11) is 0. The number of carbonyl (C=O) groups is 2. The summed E-state index contributed by atoms with van der Waals surface area (Å²) in [5, 5.41) is 6.18. The Morgan fingerprint density at radius 1 is 1.03 bits per heavy atom. The van der Waals surface area contributed by atoms with E-state index in [0.29, 0.717) is 11.3 Å². The maximum atomic E-state index is 13.1. The van der Waals surface area contributed by atoms with Crippen molar-refractivity contribution in [1.29, 1.82) is 0 Å². The van der Waals surface area contributed by atoms with Crippen molar-refractivity contribution in [2.75, 3.05) is 25.4 Å². The summed E-state index contributed by atoms with van der Waals surface area (Å²) in [4.78, 5) is 28.7. The van der Waals surface area contributed by atoms with Crippen LogP contribution in [0.5, 0.6) is 0 Å². The van der Waals surface area contributed by atoms with Gasteiger partial charge in [0.2, 0.25) is 5.91 Å². The molecular weight excluding hydrogens is 394 g/mol. The predicted octanol–water partition coefficient (Wildman–Crippen LogP) is 4.22. The van der Waals surface area contributed by atoms with Crippen molar-refractivity contribution in [3.05, 3.63) is 29.8 Å². The van der Waals surface area contributed by atoms with Crippen LogP contribution < -0.4 is 10.6 Å². The van der Waals surface area contributed by atoms with Gasteiger partial charge in [-0.05, 0) is 64.8 Å². The summed E-state index contributed by atoms with van der Waals surface area (Å²) in [5.41, 5.74) is 0.789. The Labute approximate surface area is 185 Å². The Morgan fingerprint density at radius 3 is 2.40 bits per heavy atom. The molecule has 2 amide bonds. The maximum absolute atomic E-state index is 13.1. The first-order valence-electron chi connectivity index (χ1n) is 11.5. The highest BCUT2D eigenvalue weighted by molar-refractivity contribution is 8.00. The lowest BCUT2D eigenvalue weighted by molar-refractivity contribution is -0.119. The first-order valence-corrected chi connectivity index (χ1v) is 12.5. The summed E-state index contributed by atoms with van der Waals surface area (Å²) < 4.78 is 0. The van der Waals surface area contributed by atoms with Gasteiger partial charge in [-0.15, -0.1) is 11.8 Å². The summed E-state index contributed by atoms with van der Waals surface area (Å²) in [6, 6.07) is 7.75. The van der Waals surface area contributed by atoms with Gasteiger partial charge in [0.15, 0.2) is 0 Å². The average molecular weight is 432 g/mol. The number of amides is 2. The van der Waals surface area contributed by atoms with Crippen molar-refractivity contribution in [2.45, 2.75) is 81.7 Å². The quantitative estimate of drug-likeness (QED) is 0.605. The Bertz CT molecular complexity index is 710. The highest BCUT2D eigenvalue weighted by atomic mass is 32.2. The average Bonchev–Trinajstić information content (AvgIpc) is 2.77. The third-order valence-corrected chi connectivity index (χ3v) is 7.40. The Hall–Kier alpha value is -1.53. The molecule has 0 radical (unpaired) electrons. The molecule has 6 heteroatoms. The lowest BCUT2D eigenvalue weighted by Gasteiger charge is -2.48. The summed E-state index contributed by atoms with van der Waals surface area (Å²) in [5.74, 6) is 0.293. The molecule has 0 aromatic heterocycles. The molecule has 30 heavy (non-hydrogen) atoms. The fraction of sp³-hybridized carbons (Fsp3) is 0.667. The molecule has 1 aromatic rings. The number of rotatable bonds is 8. The topological polar surface area (TPSA) is 61.4 Å².